The Kier molecular flexibility index (Phi) is 6.81. The molecule has 1 amide bonds. The number of ether oxygens (including phenoxy) is 1. The summed E-state index contributed by atoms with van der Waals surface area (Å²) in [5.41, 5.74) is -0.387. The molecule has 1 aromatic rings. The fraction of sp³-hybridized carbons (Fsp3) is 0.588. The van der Waals surface area contributed by atoms with Gasteiger partial charge in [0.15, 0.2) is 0 Å². The van der Waals surface area contributed by atoms with Crippen LogP contribution in [0.3, 0.4) is 0 Å². The predicted molar refractivity (Wildman–Crippen MR) is 84.1 cm³/mol. The van der Waals surface area contributed by atoms with Crippen molar-refractivity contribution in [2.24, 2.45) is 11.3 Å². The summed E-state index contributed by atoms with van der Waals surface area (Å²) < 4.78 is 18.1. The lowest BCUT2D eigenvalue weighted by Crippen LogP contribution is -2.43. The third kappa shape index (κ3) is 6.02. The Bertz CT molecular complexity index is 471. The molecule has 1 atom stereocenters. The number of nitrogens with one attached hydrogen (secondary N) is 1. The largest absolute Gasteiger partial charge is 0.493 e. The van der Waals surface area contributed by atoms with Gasteiger partial charge in [0.2, 0.25) is 5.91 Å². The van der Waals surface area contributed by atoms with Crippen LogP contribution in [0, 0.1) is 17.2 Å². The summed E-state index contributed by atoms with van der Waals surface area (Å²) in [6.45, 7) is 8.38. The Morgan fingerprint density at radius 3 is 2.45 bits per heavy atom. The molecular formula is C17H26FNO3. The number of aliphatic hydroxyl groups is 1. The molecule has 0 aliphatic carbocycles. The van der Waals surface area contributed by atoms with Crippen LogP contribution in [-0.2, 0) is 4.79 Å². The van der Waals surface area contributed by atoms with E-state index in [1.165, 1.54) is 24.3 Å². The summed E-state index contributed by atoms with van der Waals surface area (Å²) >= 11 is 0. The van der Waals surface area contributed by atoms with Crippen molar-refractivity contribution < 1.29 is 19.0 Å². The van der Waals surface area contributed by atoms with Gasteiger partial charge in [-0.1, -0.05) is 27.7 Å². The molecule has 0 fully saturated rings. The van der Waals surface area contributed by atoms with Crippen molar-refractivity contribution in [2.75, 3.05) is 13.2 Å². The third-order valence-corrected chi connectivity index (χ3v) is 3.58. The van der Waals surface area contributed by atoms with E-state index in [4.69, 9.17) is 4.74 Å². The molecule has 2 N–H and O–H groups in total. The molecule has 0 aliphatic rings. The minimum Gasteiger partial charge on any atom is -0.493 e. The molecule has 1 rings (SSSR count). The van der Waals surface area contributed by atoms with E-state index in [0.717, 1.165) is 0 Å². The van der Waals surface area contributed by atoms with Crippen LogP contribution in [0.25, 0.3) is 0 Å². The normalized spacial score (nSPS) is 13.0. The van der Waals surface area contributed by atoms with Crippen LogP contribution in [0.2, 0.25) is 0 Å². The van der Waals surface area contributed by atoms with Crippen LogP contribution < -0.4 is 10.1 Å². The van der Waals surface area contributed by atoms with Crippen molar-refractivity contribution in [3.8, 4) is 5.75 Å². The molecule has 0 spiro atoms. The van der Waals surface area contributed by atoms with Gasteiger partial charge < -0.3 is 15.2 Å². The first kappa shape index (κ1) is 18.4. The Hall–Kier alpha value is -1.62. The van der Waals surface area contributed by atoms with E-state index in [1.54, 1.807) is 0 Å². The average molecular weight is 311 g/mol. The standard InChI is InChI=1S/C17H26FNO3/c1-12(2)16(21)17(3,4)11-19-15(20)9-10-22-14-7-5-13(18)6-8-14/h5-8,12,16,21H,9-11H2,1-4H3,(H,19,20). The highest BCUT2D eigenvalue weighted by Gasteiger charge is 2.30. The van der Waals surface area contributed by atoms with E-state index in [-0.39, 0.29) is 36.1 Å². The molecule has 0 saturated heterocycles. The minimum absolute atomic E-state index is 0.133. The molecule has 0 saturated carbocycles. The number of halogens is 1. The number of aliphatic hydroxyl groups excluding tert-OH is 1. The molecule has 1 aromatic carbocycles. The van der Waals surface area contributed by atoms with Gasteiger partial charge in [0.1, 0.15) is 11.6 Å². The zero-order valence-electron chi connectivity index (χ0n) is 13.7. The van der Waals surface area contributed by atoms with E-state index >= 15 is 0 Å². The summed E-state index contributed by atoms with van der Waals surface area (Å²) in [6.07, 6.45) is -0.270. The van der Waals surface area contributed by atoms with Crippen molar-refractivity contribution in [1.29, 1.82) is 0 Å². The molecular weight excluding hydrogens is 285 g/mol. The Labute approximate surface area is 131 Å². The lowest BCUT2D eigenvalue weighted by Gasteiger charge is -2.33. The minimum atomic E-state index is -0.483. The lowest BCUT2D eigenvalue weighted by atomic mass is 9.80. The summed E-state index contributed by atoms with van der Waals surface area (Å²) in [5, 5.41) is 12.9. The van der Waals surface area contributed by atoms with Gasteiger partial charge in [-0.05, 0) is 30.2 Å². The van der Waals surface area contributed by atoms with E-state index < -0.39 is 6.10 Å². The van der Waals surface area contributed by atoms with Gasteiger partial charge in [0.25, 0.3) is 0 Å². The Balaban J connectivity index is 2.30. The Morgan fingerprint density at radius 2 is 1.91 bits per heavy atom. The maximum absolute atomic E-state index is 12.7. The zero-order chi connectivity index (χ0) is 16.8. The second-order valence-electron chi connectivity index (χ2n) is 6.51. The fourth-order valence-corrected chi connectivity index (χ4v) is 2.21. The molecule has 124 valence electrons. The first-order valence-corrected chi connectivity index (χ1v) is 7.55. The van der Waals surface area contributed by atoms with Gasteiger partial charge in [-0.2, -0.15) is 0 Å². The summed E-state index contributed by atoms with van der Waals surface area (Å²) in [4.78, 5) is 11.8. The van der Waals surface area contributed by atoms with Crippen molar-refractivity contribution in [2.45, 2.75) is 40.2 Å². The van der Waals surface area contributed by atoms with Crippen LogP contribution in [0.5, 0.6) is 5.75 Å². The second kappa shape index (κ2) is 8.13. The number of hydrogen-bond acceptors (Lipinski definition) is 3. The van der Waals surface area contributed by atoms with Gasteiger partial charge >= 0.3 is 0 Å². The van der Waals surface area contributed by atoms with Crippen molar-refractivity contribution in [3.05, 3.63) is 30.1 Å². The van der Waals surface area contributed by atoms with Crippen LogP contribution in [0.15, 0.2) is 24.3 Å². The van der Waals surface area contributed by atoms with E-state index in [2.05, 4.69) is 5.32 Å². The zero-order valence-corrected chi connectivity index (χ0v) is 13.7. The van der Waals surface area contributed by atoms with Gasteiger partial charge in [0.05, 0.1) is 19.1 Å². The molecule has 0 radical (unpaired) electrons. The van der Waals surface area contributed by atoms with Gasteiger partial charge in [0, 0.05) is 12.0 Å². The fourth-order valence-electron chi connectivity index (χ4n) is 2.21. The average Bonchev–Trinajstić information content (AvgIpc) is 2.46. The highest BCUT2D eigenvalue weighted by atomic mass is 19.1. The lowest BCUT2D eigenvalue weighted by molar-refractivity contribution is -0.122. The monoisotopic (exact) mass is 311 g/mol. The highest BCUT2D eigenvalue weighted by molar-refractivity contribution is 5.76. The second-order valence-corrected chi connectivity index (χ2v) is 6.51. The van der Waals surface area contributed by atoms with Crippen molar-refractivity contribution >= 4 is 5.91 Å². The van der Waals surface area contributed by atoms with E-state index in [0.29, 0.717) is 12.3 Å². The van der Waals surface area contributed by atoms with Gasteiger partial charge in [-0.3, -0.25) is 4.79 Å². The molecule has 1 unspecified atom stereocenters. The van der Waals surface area contributed by atoms with Crippen LogP contribution in [0.4, 0.5) is 4.39 Å². The molecule has 0 aromatic heterocycles. The first-order valence-electron chi connectivity index (χ1n) is 7.55. The number of amides is 1. The molecule has 0 aliphatic heterocycles. The number of rotatable bonds is 8. The van der Waals surface area contributed by atoms with Crippen molar-refractivity contribution in [1.82, 2.24) is 5.32 Å². The number of carbonyl (C=O) groups is 1. The molecule has 0 bridgehead atoms. The smallest absolute Gasteiger partial charge is 0.223 e. The van der Waals surface area contributed by atoms with Crippen LogP contribution in [-0.4, -0.2) is 30.3 Å². The molecule has 5 heteroatoms. The predicted octanol–water partition coefficient (Wildman–Crippen LogP) is 2.75. The highest BCUT2D eigenvalue weighted by Crippen LogP contribution is 2.25. The van der Waals surface area contributed by atoms with Crippen molar-refractivity contribution in [3.63, 3.8) is 0 Å². The summed E-state index contributed by atoms with van der Waals surface area (Å²) in [5.74, 6) is 0.209. The van der Waals surface area contributed by atoms with E-state index in [9.17, 15) is 14.3 Å². The molecule has 4 nitrogen and oxygen atoms in total. The maximum Gasteiger partial charge on any atom is 0.223 e. The Morgan fingerprint density at radius 1 is 1.32 bits per heavy atom. The molecule has 22 heavy (non-hydrogen) atoms. The third-order valence-electron chi connectivity index (χ3n) is 3.58. The number of hydrogen-bond donors (Lipinski definition) is 2. The maximum atomic E-state index is 12.7. The van der Waals surface area contributed by atoms with Crippen LogP contribution >= 0.6 is 0 Å². The quantitative estimate of drug-likeness (QED) is 0.776. The summed E-state index contributed by atoms with van der Waals surface area (Å²) in [6, 6.07) is 5.67. The molecule has 0 heterocycles. The van der Waals surface area contributed by atoms with Gasteiger partial charge in [-0.15, -0.1) is 0 Å². The van der Waals surface area contributed by atoms with E-state index in [1.807, 2.05) is 27.7 Å². The van der Waals surface area contributed by atoms with Gasteiger partial charge in [-0.25, -0.2) is 4.39 Å². The number of carbonyl (C=O) groups excluding carboxylic acids is 1. The topological polar surface area (TPSA) is 58.6 Å². The summed E-state index contributed by atoms with van der Waals surface area (Å²) in [7, 11) is 0. The SMILES string of the molecule is CC(C)C(O)C(C)(C)CNC(=O)CCOc1ccc(F)cc1. The number of benzene rings is 1. The van der Waals surface area contributed by atoms with Crippen LogP contribution in [0.1, 0.15) is 34.1 Å². The first-order chi connectivity index (χ1) is 10.2.